The highest BCUT2D eigenvalue weighted by Gasteiger charge is 2.28. The van der Waals surface area contributed by atoms with E-state index in [2.05, 4.69) is 0 Å². The molecule has 0 aromatic rings. The Labute approximate surface area is 65.8 Å². The van der Waals surface area contributed by atoms with Crippen LogP contribution in [0.15, 0.2) is 0 Å². The first-order chi connectivity index (χ1) is 5.09. The second-order valence-electron chi connectivity index (χ2n) is 2.95. The monoisotopic (exact) mass is 159 g/mol. The molecular formula is C7H13NO3. The smallest absolute Gasteiger partial charge is 0.410 e. The number of aliphatic hydroxyl groups excluding tert-OH is 1. The first-order valence-corrected chi connectivity index (χ1v) is 3.73. The minimum atomic E-state index is -0.479. The summed E-state index contributed by atoms with van der Waals surface area (Å²) in [6, 6.07) is 0. The molecule has 4 heteroatoms. The van der Waals surface area contributed by atoms with Crippen LogP contribution < -0.4 is 0 Å². The first kappa shape index (κ1) is 8.33. The van der Waals surface area contributed by atoms with Gasteiger partial charge in [-0.1, -0.05) is 0 Å². The molecule has 0 aromatic carbocycles. The second-order valence-corrected chi connectivity index (χ2v) is 2.95. The topological polar surface area (TPSA) is 49.8 Å². The van der Waals surface area contributed by atoms with Crippen molar-refractivity contribution in [2.24, 2.45) is 0 Å². The summed E-state index contributed by atoms with van der Waals surface area (Å²) in [6.07, 6.45) is -0.840. The fourth-order valence-corrected chi connectivity index (χ4v) is 1.14. The second kappa shape index (κ2) is 3.09. The number of nitrogens with zero attached hydrogens (tertiary/aromatic N) is 1. The molecule has 0 bridgehead atoms. The molecule has 0 aliphatic carbocycles. The van der Waals surface area contributed by atoms with Gasteiger partial charge in [-0.05, 0) is 13.8 Å². The average molecular weight is 159 g/mol. The van der Waals surface area contributed by atoms with Crippen LogP contribution in [0.5, 0.6) is 0 Å². The Hall–Kier alpha value is -0.770. The Bertz CT molecular complexity index is 158. The zero-order valence-corrected chi connectivity index (χ0v) is 6.78. The summed E-state index contributed by atoms with van der Waals surface area (Å²) in [5.74, 6) is 0. The molecule has 4 nitrogen and oxygen atoms in total. The number of aliphatic hydroxyl groups is 1. The Balaban J connectivity index is 2.41. The number of hydrogen-bond acceptors (Lipinski definition) is 3. The zero-order valence-electron chi connectivity index (χ0n) is 6.78. The van der Waals surface area contributed by atoms with Gasteiger partial charge in [-0.15, -0.1) is 0 Å². The lowest BCUT2D eigenvalue weighted by atomic mass is 10.3. The van der Waals surface area contributed by atoms with Gasteiger partial charge in [-0.3, -0.25) is 0 Å². The predicted octanol–water partition coefficient (Wildman–Crippen LogP) is 0.208. The molecule has 64 valence electrons. The minimum Gasteiger partial charge on any atom is -0.445 e. The lowest BCUT2D eigenvalue weighted by molar-refractivity contribution is 0.121. The van der Waals surface area contributed by atoms with Crippen molar-refractivity contribution in [3.05, 3.63) is 0 Å². The summed E-state index contributed by atoms with van der Waals surface area (Å²) < 4.78 is 4.85. The van der Waals surface area contributed by atoms with Crippen molar-refractivity contribution in [2.45, 2.75) is 26.1 Å². The number of β-amino-alcohol motifs (C(OH)–C–C–N with tert-alkyl or cyclic N) is 1. The predicted molar refractivity (Wildman–Crippen MR) is 39.2 cm³/mol. The van der Waals surface area contributed by atoms with Gasteiger partial charge in [-0.25, -0.2) is 4.79 Å². The van der Waals surface area contributed by atoms with Crippen molar-refractivity contribution in [1.29, 1.82) is 0 Å². The zero-order chi connectivity index (χ0) is 8.43. The van der Waals surface area contributed by atoms with E-state index in [4.69, 9.17) is 9.84 Å². The van der Waals surface area contributed by atoms with Gasteiger partial charge in [0.25, 0.3) is 0 Å². The van der Waals surface area contributed by atoms with Crippen LogP contribution in [0.4, 0.5) is 4.79 Å². The standard InChI is InChI=1S/C7H13NO3/c1-5(9)3-8-4-6(2)11-7(8)10/h5-6,9H,3-4H2,1-2H3/t5-,6+/m0/s1. The van der Waals surface area contributed by atoms with Gasteiger partial charge >= 0.3 is 6.09 Å². The van der Waals surface area contributed by atoms with E-state index in [0.717, 1.165) is 0 Å². The van der Waals surface area contributed by atoms with Gasteiger partial charge in [0, 0.05) is 6.54 Å². The van der Waals surface area contributed by atoms with Gasteiger partial charge < -0.3 is 14.7 Å². The van der Waals surface area contributed by atoms with E-state index in [-0.39, 0.29) is 12.2 Å². The Morgan fingerprint density at radius 2 is 2.55 bits per heavy atom. The van der Waals surface area contributed by atoms with Gasteiger partial charge in [0.1, 0.15) is 6.10 Å². The van der Waals surface area contributed by atoms with Crippen LogP contribution in [0.1, 0.15) is 13.8 Å². The molecule has 0 saturated carbocycles. The Morgan fingerprint density at radius 3 is 2.91 bits per heavy atom. The number of rotatable bonds is 2. The van der Waals surface area contributed by atoms with Crippen molar-refractivity contribution < 1.29 is 14.6 Å². The molecule has 1 rings (SSSR count). The molecule has 0 spiro atoms. The van der Waals surface area contributed by atoms with Crippen LogP contribution in [0, 0.1) is 0 Å². The minimum absolute atomic E-state index is 0.0405. The van der Waals surface area contributed by atoms with Gasteiger partial charge in [0.05, 0.1) is 12.6 Å². The molecule has 0 unspecified atom stereocenters. The molecule has 2 atom stereocenters. The number of hydrogen-bond donors (Lipinski definition) is 1. The number of carbonyl (C=O) groups is 1. The molecule has 0 aromatic heterocycles. The maximum atomic E-state index is 10.9. The average Bonchev–Trinajstić information content (AvgIpc) is 2.09. The van der Waals surface area contributed by atoms with Crippen LogP contribution in [0.3, 0.4) is 0 Å². The summed E-state index contributed by atoms with van der Waals surface area (Å²) in [7, 11) is 0. The van der Waals surface area contributed by atoms with Gasteiger partial charge in [-0.2, -0.15) is 0 Å². The highest BCUT2D eigenvalue weighted by Crippen LogP contribution is 2.10. The van der Waals surface area contributed by atoms with Crippen LogP contribution in [-0.4, -0.2) is 41.4 Å². The molecule has 1 N–H and O–H groups in total. The van der Waals surface area contributed by atoms with Crippen molar-refractivity contribution in [3.63, 3.8) is 0 Å². The highest BCUT2D eigenvalue weighted by atomic mass is 16.6. The highest BCUT2D eigenvalue weighted by molar-refractivity contribution is 5.69. The van der Waals surface area contributed by atoms with E-state index in [9.17, 15) is 4.79 Å². The Kier molecular flexibility index (Phi) is 2.34. The van der Waals surface area contributed by atoms with Crippen LogP contribution in [0.25, 0.3) is 0 Å². The number of cyclic esters (lactones) is 1. The van der Waals surface area contributed by atoms with E-state index in [1.54, 1.807) is 6.92 Å². The van der Waals surface area contributed by atoms with E-state index in [1.165, 1.54) is 4.90 Å². The number of amides is 1. The van der Waals surface area contributed by atoms with Crippen LogP contribution >= 0.6 is 0 Å². The lowest BCUT2D eigenvalue weighted by Crippen LogP contribution is -2.31. The summed E-state index contributed by atoms with van der Waals surface area (Å²) in [4.78, 5) is 12.4. The van der Waals surface area contributed by atoms with Crippen molar-refractivity contribution in [1.82, 2.24) is 4.90 Å². The van der Waals surface area contributed by atoms with Crippen molar-refractivity contribution >= 4 is 6.09 Å². The number of ether oxygens (including phenoxy) is 1. The fourth-order valence-electron chi connectivity index (χ4n) is 1.14. The largest absolute Gasteiger partial charge is 0.445 e. The molecule has 1 heterocycles. The maximum Gasteiger partial charge on any atom is 0.410 e. The molecule has 1 aliphatic rings. The van der Waals surface area contributed by atoms with Gasteiger partial charge in [0.15, 0.2) is 0 Å². The maximum absolute atomic E-state index is 10.9. The summed E-state index contributed by atoms with van der Waals surface area (Å²) >= 11 is 0. The van der Waals surface area contributed by atoms with E-state index in [1.807, 2.05) is 6.92 Å². The van der Waals surface area contributed by atoms with E-state index >= 15 is 0 Å². The van der Waals surface area contributed by atoms with Gasteiger partial charge in [0.2, 0.25) is 0 Å². The number of carbonyl (C=O) groups excluding carboxylic acids is 1. The third-order valence-corrected chi connectivity index (χ3v) is 1.52. The summed E-state index contributed by atoms with van der Waals surface area (Å²) in [5, 5.41) is 8.97. The third-order valence-electron chi connectivity index (χ3n) is 1.52. The molecule has 1 amide bonds. The van der Waals surface area contributed by atoms with Crippen molar-refractivity contribution in [2.75, 3.05) is 13.1 Å². The molecule has 1 fully saturated rings. The van der Waals surface area contributed by atoms with Crippen LogP contribution in [0.2, 0.25) is 0 Å². The summed E-state index contributed by atoms with van der Waals surface area (Å²) in [5.41, 5.74) is 0. The summed E-state index contributed by atoms with van der Waals surface area (Å²) in [6.45, 7) is 4.43. The third kappa shape index (κ3) is 2.08. The molecular weight excluding hydrogens is 146 g/mol. The molecule has 11 heavy (non-hydrogen) atoms. The fraction of sp³-hybridized carbons (Fsp3) is 0.857. The molecule has 1 saturated heterocycles. The van der Waals surface area contributed by atoms with E-state index < -0.39 is 6.10 Å². The lowest BCUT2D eigenvalue weighted by Gasteiger charge is -2.13. The van der Waals surface area contributed by atoms with E-state index in [0.29, 0.717) is 13.1 Å². The van der Waals surface area contributed by atoms with Crippen LogP contribution in [-0.2, 0) is 4.74 Å². The SMILES string of the molecule is C[C@H](O)CN1C[C@@H](C)OC1=O. The molecule has 0 radical (unpaired) electrons. The normalized spacial score (nSPS) is 27.0. The molecule has 1 aliphatic heterocycles. The first-order valence-electron chi connectivity index (χ1n) is 3.73. The quantitative estimate of drug-likeness (QED) is 0.626. The Morgan fingerprint density at radius 1 is 1.91 bits per heavy atom. The van der Waals surface area contributed by atoms with Crippen molar-refractivity contribution in [3.8, 4) is 0 Å².